The molecule has 0 unspecified atom stereocenters. The number of piperazine rings is 1. The van der Waals surface area contributed by atoms with E-state index in [9.17, 15) is 5.11 Å². The minimum Gasteiger partial charge on any atom is -0.389 e. The molecule has 2 N–H and O–H groups in total. The van der Waals surface area contributed by atoms with Gasteiger partial charge in [-0.1, -0.05) is 13.8 Å². The normalized spacial score (nSPS) is 18.2. The maximum Gasteiger partial charge on any atom is 0.169 e. The summed E-state index contributed by atoms with van der Waals surface area (Å²) in [6.45, 7) is 13.5. The van der Waals surface area contributed by atoms with E-state index in [2.05, 4.69) is 29.0 Å². The number of β-amino-alcohol motifs (C(OH)–C–C–N with tert-alkyl or cyclic N) is 1. The minimum atomic E-state index is -0.613. The fourth-order valence-electron chi connectivity index (χ4n) is 2.06. The average Bonchev–Trinajstić information content (AvgIpc) is 2.24. The molecule has 1 heterocycles. The van der Waals surface area contributed by atoms with Gasteiger partial charge in [0.05, 0.1) is 5.60 Å². The lowest BCUT2D eigenvalue weighted by Crippen LogP contribution is -2.54. The second kappa shape index (κ2) is 6.68. The van der Waals surface area contributed by atoms with E-state index in [0.717, 1.165) is 44.4 Å². The van der Waals surface area contributed by atoms with Crippen molar-refractivity contribution in [1.82, 2.24) is 15.1 Å². The van der Waals surface area contributed by atoms with E-state index in [4.69, 9.17) is 12.2 Å². The van der Waals surface area contributed by atoms with Gasteiger partial charge in [-0.3, -0.25) is 4.90 Å². The van der Waals surface area contributed by atoms with E-state index < -0.39 is 5.60 Å². The van der Waals surface area contributed by atoms with Crippen LogP contribution in [0.25, 0.3) is 0 Å². The van der Waals surface area contributed by atoms with Crippen LogP contribution in [0.4, 0.5) is 0 Å². The number of nitrogens with zero attached hydrogens (tertiary/aromatic N) is 2. The second-order valence-corrected chi connectivity index (χ2v) is 6.54. The van der Waals surface area contributed by atoms with Gasteiger partial charge in [0, 0.05) is 39.3 Å². The van der Waals surface area contributed by atoms with Crippen molar-refractivity contribution in [3.63, 3.8) is 0 Å². The van der Waals surface area contributed by atoms with E-state index in [0.29, 0.717) is 5.92 Å². The Bertz CT molecular complexity index is 268. The molecular formula is C13H27N3OS. The molecule has 1 fully saturated rings. The summed E-state index contributed by atoms with van der Waals surface area (Å²) in [6, 6.07) is 0. The maximum absolute atomic E-state index is 9.80. The van der Waals surface area contributed by atoms with Crippen molar-refractivity contribution in [1.29, 1.82) is 0 Å². The van der Waals surface area contributed by atoms with Gasteiger partial charge in [0.15, 0.2) is 5.11 Å². The van der Waals surface area contributed by atoms with Crippen LogP contribution < -0.4 is 5.32 Å². The molecule has 5 heteroatoms. The molecule has 0 bridgehead atoms. The summed E-state index contributed by atoms with van der Waals surface area (Å²) in [5.41, 5.74) is -0.613. The fourth-order valence-corrected chi connectivity index (χ4v) is 2.33. The highest BCUT2D eigenvalue weighted by atomic mass is 32.1. The van der Waals surface area contributed by atoms with Crippen molar-refractivity contribution in [2.75, 3.05) is 39.3 Å². The highest BCUT2D eigenvalue weighted by Crippen LogP contribution is 2.08. The predicted molar refractivity (Wildman–Crippen MR) is 79.7 cm³/mol. The van der Waals surface area contributed by atoms with E-state index in [1.54, 1.807) is 0 Å². The van der Waals surface area contributed by atoms with Crippen molar-refractivity contribution < 1.29 is 5.11 Å². The molecule has 0 aromatic heterocycles. The Morgan fingerprint density at radius 1 is 1.28 bits per heavy atom. The standard InChI is InChI=1S/C13H27N3OS/c1-11(2)9-14-12(18)16-7-5-15(6-8-16)10-13(3,4)17/h11,17H,5-10H2,1-4H3,(H,14,18). The molecule has 1 saturated heterocycles. The maximum atomic E-state index is 9.80. The zero-order chi connectivity index (χ0) is 13.8. The van der Waals surface area contributed by atoms with Gasteiger partial charge in [0.1, 0.15) is 0 Å². The summed E-state index contributed by atoms with van der Waals surface area (Å²) in [6.07, 6.45) is 0. The van der Waals surface area contributed by atoms with Crippen molar-refractivity contribution in [2.45, 2.75) is 33.3 Å². The van der Waals surface area contributed by atoms with Crippen LogP contribution in [0.3, 0.4) is 0 Å². The number of hydrogen-bond acceptors (Lipinski definition) is 3. The molecule has 1 aliphatic rings. The molecule has 18 heavy (non-hydrogen) atoms. The van der Waals surface area contributed by atoms with Gasteiger partial charge in [-0.15, -0.1) is 0 Å². The van der Waals surface area contributed by atoms with Crippen LogP contribution in [0.15, 0.2) is 0 Å². The van der Waals surface area contributed by atoms with Crippen molar-refractivity contribution >= 4 is 17.3 Å². The zero-order valence-electron chi connectivity index (χ0n) is 12.1. The Hall–Kier alpha value is -0.390. The van der Waals surface area contributed by atoms with Crippen LogP contribution in [0.2, 0.25) is 0 Å². The quantitative estimate of drug-likeness (QED) is 0.745. The first-order valence-electron chi connectivity index (χ1n) is 6.75. The Morgan fingerprint density at radius 2 is 1.83 bits per heavy atom. The lowest BCUT2D eigenvalue weighted by atomic mass is 10.1. The molecule has 0 saturated carbocycles. The molecule has 1 aliphatic heterocycles. The Kier molecular flexibility index (Phi) is 5.82. The summed E-state index contributed by atoms with van der Waals surface area (Å²) in [4.78, 5) is 4.51. The monoisotopic (exact) mass is 273 g/mol. The second-order valence-electron chi connectivity index (χ2n) is 6.16. The zero-order valence-corrected chi connectivity index (χ0v) is 12.9. The third-order valence-electron chi connectivity index (χ3n) is 2.93. The van der Waals surface area contributed by atoms with E-state index in [-0.39, 0.29) is 0 Å². The van der Waals surface area contributed by atoms with Crippen molar-refractivity contribution in [2.24, 2.45) is 5.92 Å². The summed E-state index contributed by atoms with van der Waals surface area (Å²) in [5.74, 6) is 0.611. The number of aliphatic hydroxyl groups is 1. The van der Waals surface area contributed by atoms with Gasteiger partial charge in [0.2, 0.25) is 0 Å². The SMILES string of the molecule is CC(C)CNC(=S)N1CCN(CC(C)(C)O)CC1. The number of nitrogens with one attached hydrogen (secondary N) is 1. The molecule has 0 aliphatic carbocycles. The first-order valence-corrected chi connectivity index (χ1v) is 7.16. The van der Waals surface area contributed by atoms with Gasteiger partial charge in [0.25, 0.3) is 0 Å². The van der Waals surface area contributed by atoms with E-state index in [1.807, 2.05) is 13.8 Å². The van der Waals surface area contributed by atoms with Gasteiger partial charge in [-0.2, -0.15) is 0 Å². The summed E-state index contributed by atoms with van der Waals surface area (Å²) < 4.78 is 0. The summed E-state index contributed by atoms with van der Waals surface area (Å²) >= 11 is 5.39. The Balaban J connectivity index is 2.28. The Morgan fingerprint density at radius 3 is 2.28 bits per heavy atom. The fraction of sp³-hybridized carbons (Fsp3) is 0.923. The van der Waals surface area contributed by atoms with Gasteiger partial charge in [-0.25, -0.2) is 0 Å². The van der Waals surface area contributed by atoms with Crippen LogP contribution in [0.5, 0.6) is 0 Å². The molecule has 0 aromatic rings. The van der Waals surface area contributed by atoms with Gasteiger partial charge >= 0.3 is 0 Å². The predicted octanol–water partition coefficient (Wildman–Crippen LogP) is 0.905. The molecular weight excluding hydrogens is 246 g/mol. The molecule has 0 atom stereocenters. The Labute approximate surface area is 116 Å². The third kappa shape index (κ3) is 5.98. The van der Waals surface area contributed by atoms with Crippen molar-refractivity contribution in [3.05, 3.63) is 0 Å². The van der Waals surface area contributed by atoms with E-state index in [1.165, 1.54) is 0 Å². The first-order chi connectivity index (χ1) is 8.28. The molecule has 1 rings (SSSR count). The largest absolute Gasteiger partial charge is 0.389 e. The number of thiocarbonyl (C=S) groups is 1. The lowest BCUT2D eigenvalue weighted by Gasteiger charge is -2.38. The molecule has 0 amide bonds. The third-order valence-corrected chi connectivity index (χ3v) is 3.33. The number of hydrogen-bond donors (Lipinski definition) is 2. The lowest BCUT2D eigenvalue weighted by molar-refractivity contribution is 0.0251. The average molecular weight is 273 g/mol. The van der Waals surface area contributed by atoms with Gasteiger partial charge in [-0.05, 0) is 32.0 Å². The minimum absolute atomic E-state index is 0.611. The van der Waals surface area contributed by atoms with Gasteiger partial charge < -0.3 is 15.3 Å². The topological polar surface area (TPSA) is 38.7 Å². The number of rotatable bonds is 4. The summed E-state index contributed by atoms with van der Waals surface area (Å²) in [5, 5.41) is 14.0. The highest BCUT2D eigenvalue weighted by Gasteiger charge is 2.23. The molecule has 4 nitrogen and oxygen atoms in total. The van der Waals surface area contributed by atoms with Crippen LogP contribution >= 0.6 is 12.2 Å². The smallest absolute Gasteiger partial charge is 0.169 e. The molecule has 0 spiro atoms. The van der Waals surface area contributed by atoms with E-state index >= 15 is 0 Å². The summed E-state index contributed by atoms with van der Waals surface area (Å²) in [7, 11) is 0. The van der Waals surface area contributed by atoms with Crippen molar-refractivity contribution in [3.8, 4) is 0 Å². The molecule has 106 valence electrons. The van der Waals surface area contributed by atoms with Crippen LogP contribution in [-0.4, -0.2) is 64.9 Å². The first kappa shape index (κ1) is 15.7. The molecule has 0 radical (unpaired) electrons. The molecule has 0 aromatic carbocycles. The van der Waals surface area contributed by atoms with Crippen LogP contribution in [-0.2, 0) is 0 Å². The highest BCUT2D eigenvalue weighted by molar-refractivity contribution is 7.80. The van der Waals surface area contributed by atoms with Crippen LogP contribution in [0, 0.1) is 5.92 Å². The van der Waals surface area contributed by atoms with Crippen LogP contribution in [0.1, 0.15) is 27.7 Å².